The Hall–Kier alpha value is -3.74. The molecule has 2 heterocycles. The molecule has 140 valence electrons. The van der Waals surface area contributed by atoms with Gasteiger partial charge < -0.3 is 9.88 Å². The van der Waals surface area contributed by atoms with E-state index < -0.39 is 17.3 Å². The van der Waals surface area contributed by atoms with Crippen molar-refractivity contribution in [3.05, 3.63) is 88.7 Å². The van der Waals surface area contributed by atoms with Crippen molar-refractivity contribution < 1.29 is 9.18 Å². The maximum Gasteiger partial charge on any atom is 0.276 e. The highest BCUT2D eigenvalue weighted by molar-refractivity contribution is 6.03. The zero-order chi connectivity index (χ0) is 19.7. The van der Waals surface area contributed by atoms with E-state index in [1.54, 1.807) is 0 Å². The van der Waals surface area contributed by atoms with Gasteiger partial charge in [0.2, 0.25) is 0 Å². The van der Waals surface area contributed by atoms with Crippen molar-refractivity contribution in [1.82, 2.24) is 14.3 Å². The summed E-state index contributed by atoms with van der Waals surface area (Å²) < 4.78 is 16.3. The first kappa shape index (κ1) is 17.7. The number of anilines is 1. The first-order valence-electron chi connectivity index (χ1n) is 8.82. The molecule has 1 N–H and O–H groups in total. The number of aromatic nitrogens is 3. The van der Waals surface area contributed by atoms with Crippen LogP contribution in [-0.2, 0) is 6.54 Å². The van der Waals surface area contributed by atoms with Crippen molar-refractivity contribution in [3.8, 4) is 5.69 Å². The van der Waals surface area contributed by atoms with Gasteiger partial charge in [0.15, 0.2) is 0 Å². The molecule has 4 rings (SSSR count). The monoisotopic (exact) mass is 376 g/mol. The molecule has 0 aliphatic carbocycles. The molecule has 7 heteroatoms. The lowest BCUT2D eigenvalue weighted by Crippen LogP contribution is -2.24. The molecule has 0 fully saturated rings. The lowest BCUT2D eigenvalue weighted by molar-refractivity contribution is 0.102. The van der Waals surface area contributed by atoms with Gasteiger partial charge in [-0.1, -0.05) is 0 Å². The summed E-state index contributed by atoms with van der Waals surface area (Å²) in [5, 5.41) is 7.93. The summed E-state index contributed by atoms with van der Waals surface area (Å²) in [5.41, 5.74) is 1.76. The Morgan fingerprint density at radius 1 is 1.07 bits per heavy atom. The van der Waals surface area contributed by atoms with E-state index in [1.165, 1.54) is 36.4 Å². The van der Waals surface area contributed by atoms with Crippen LogP contribution in [0.25, 0.3) is 16.6 Å². The Morgan fingerprint density at radius 2 is 1.86 bits per heavy atom. The van der Waals surface area contributed by atoms with Crippen molar-refractivity contribution in [2.24, 2.45) is 0 Å². The molecule has 0 unspecified atom stereocenters. The number of carbonyl (C=O) groups is 1. The average Bonchev–Trinajstić information content (AvgIpc) is 3.11. The number of hydrogen-bond acceptors (Lipinski definition) is 3. The van der Waals surface area contributed by atoms with Gasteiger partial charge in [-0.2, -0.15) is 9.78 Å². The van der Waals surface area contributed by atoms with E-state index in [0.29, 0.717) is 11.4 Å². The molecule has 4 aromatic rings. The van der Waals surface area contributed by atoms with Crippen LogP contribution in [0.4, 0.5) is 10.1 Å². The Kier molecular flexibility index (Phi) is 4.49. The number of rotatable bonds is 4. The van der Waals surface area contributed by atoms with Gasteiger partial charge in [0.25, 0.3) is 11.5 Å². The third kappa shape index (κ3) is 3.29. The molecule has 2 aromatic heterocycles. The number of amides is 1. The molecular weight excluding hydrogens is 359 g/mol. The molecule has 0 radical (unpaired) electrons. The van der Waals surface area contributed by atoms with Gasteiger partial charge in [-0.05, 0) is 61.5 Å². The van der Waals surface area contributed by atoms with E-state index in [0.717, 1.165) is 22.1 Å². The largest absolute Gasteiger partial charge is 0.348 e. The highest BCUT2D eigenvalue weighted by Crippen LogP contribution is 2.21. The molecule has 1 amide bonds. The van der Waals surface area contributed by atoms with Gasteiger partial charge in [0, 0.05) is 35.4 Å². The lowest BCUT2D eigenvalue weighted by Gasteiger charge is -2.08. The number of hydrogen-bond donors (Lipinski definition) is 1. The zero-order valence-corrected chi connectivity index (χ0v) is 15.1. The third-order valence-corrected chi connectivity index (χ3v) is 4.47. The van der Waals surface area contributed by atoms with Crippen LogP contribution in [-0.4, -0.2) is 20.3 Å². The Bertz CT molecular complexity index is 1230. The maximum absolute atomic E-state index is 13.1. The second-order valence-corrected chi connectivity index (χ2v) is 6.27. The molecule has 0 aliphatic heterocycles. The molecule has 0 spiro atoms. The summed E-state index contributed by atoms with van der Waals surface area (Å²) in [6.07, 6.45) is 2.00. The summed E-state index contributed by atoms with van der Waals surface area (Å²) in [7, 11) is 0. The van der Waals surface area contributed by atoms with E-state index >= 15 is 0 Å². The van der Waals surface area contributed by atoms with Gasteiger partial charge >= 0.3 is 0 Å². The van der Waals surface area contributed by atoms with Crippen molar-refractivity contribution >= 4 is 22.5 Å². The summed E-state index contributed by atoms with van der Waals surface area (Å²) in [6.45, 7) is 2.93. The standard InChI is InChI=1S/C21H17FN4O2/c1-2-25-12-11-14-13-16(5-9-19(14)25)23-21(28)18-8-10-20(27)26(24-18)17-6-3-15(22)4-7-17/h3-13H,2H2,1H3,(H,23,28). The molecular formula is C21H17FN4O2. The van der Waals surface area contributed by atoms with Crippen LogP contribution < -0.4 is 10.9 Å². The van der Waals surface area contributed by atoms with Crippen LogP contribution in [0.5, 0.6) is 0 Å². The fraction of sp³-hybridized carbons (Fsp3) is 0.0952. The molecule has 6 nitrogen and oxygen atoms in total. The van der Waals surface area contributed by atoms with Crippen LogP contribution in [0.15, 0.2) is 71.7 Å². The first-order valence-corrected chi connectivity index (χ1v) is 8.82. The molecule has 28 heavy (non-hydrogen) atoms. The quantitative estimate of drug-likeness (QED) is 0.592. The summed E-state index contributed by atoms with van der Waals surface area (Å²) in [4.78, 5) is 24.7. The van der Waals surface area contributed by atoms with E-state index in [9.17, 15) is 14.0 Å². The van der Waals surface area contributed by atoms with Gasteiger partial charge in [0.05, 0.1) is 5.69 Å². The highest BCUT2D eigenvalue weighted by Gasteiger charge is 2.12. The van der Waals surface area contributed by atoms with Crippen molar-refractivity contribution in [2.45, 2.75) is 13.5 Å². The van der Waals surface area contributed by atoms with E-state index in [2.05, 4.69) is 21.9 Å². The fourth-order valence-corrected chi connectivity index (χ4v) is 3.05. The Balaban J connectivity index is 1.62. The summed E-state index contributed by atoms with van der Waals surface area (Å²) in [6, 6.07) is 15.6. The minimum atomic E-state index is -0.440. The minimum Gasteiger partial charge on any atom is -0.348 e. The fourth-order valence-electron chi connectivity index (χ4n) is 3.05. The molecule has 2 aromatic carbocycles. The minimum absolute atomic E-state index is 0.0788. The van der Waals surface area contributed by atoms with Crippen LogP contribution in [0.3, 0.4) is 0 Å². The number of aryl methyl sites for hydroxylation is 1. The smallest absolute Gasteiger partial charge is 0.276 e. The Labute approximate surface area is 159 Å². The van der Waals surface area contributed by atoms with Gasteiger partial charge in [-0.15, -0.1) is 0 Å². The number of benzene rings is 2. The van der Waals surface area contributed by atoms with Crippen LogP contribution in [0.2, 0.25) is 0 Å². The SMILES string of the molecule is CCn1ccc2cc(NC(=O)c3ccc(=O)n(-c4ccc(F)cc4)n3)ccc21. The molecule has 0 saturated carbocycles. The summed E-state index contributed by atoms with van der Waals surface area (Å²) >= 11 is 0. The van der Waals surface area contributed by atoms with E-state index in [1.807, 2.05) is 30.5 Å². The number of nitrogens with zero attached hydrogens (tertiary/aromatic N) is 3. The normalized spacial score (nSPS) is 10.9. The van der Waals surface area contributed by atoms with Crippen LogP contribution in [0.1, 0.15) is 17.4 Å². The maximum atomic E-state index is 13.1. The van der Waals surface area contributed by atoms with Crippen LogP contribution >= 0.6 is 0 Å². The van der Waals surface area contributed by atoms with Crippen molar-refractivity contribution in [3.63, 3.8) is 0 Å². The number of fused-ring (bicyclic) bond motifs is 1. The van der Waals surface area contributed by atoms with Crippen molar-refractivity contribution in [1.29, 1.82) is 0 Å². The van der Waals surface area contributed by atoms with E-state index in [4.69, 9.17) is 0 Å². The molecule has 0 aliphatic rings. The lowest BCUT2D eigenvalue weighted by atomic mass is 10.2. The first-order chi connectivity index (χ1) is 13.5. The number of halogens is 1. The van der Waals surface area contributed by atoms with Crippen LogP contribution in [0, 0.1) is 5.82 Å². The Morgan fingerprint density at radius 3 is 2.61 bits per heavy atom. The predicted octanol–water partition coefficient (Wildman–Crippen LogP) is 3.60. The second kappa shape index (κ2) is 7.11. The second-order valence-electron chi connectivity index (χ2n) is 6.27. The molecule has 0 bridgehead atoms. The number of nitrogens with one attached hydrogen (secondary N) is 1. The van der Waals surface area contributed by atoms with Gasteiger partial charge in [-0.3, -0.25) is 9.59 Å². The highest BCUT2D eigenvalue weighted by atomic mass is 19.1. The van der Waals surface area contributed by atoms with Gasteiger partial charge in [-0.25, -0.2) is 4.39 Å². The summed E-state index contributed by atoms with van der Waals surface area (Å²) in [5.74, 6) is -0.858. The van der Waals surface area contributed by atoms with Gasteiger partial charge in [0.1, 0.15) is 11.5 Å². The predicted molar refractivity (Wildman–Crippen MR) is 105 cm³/mol. The van der Waals surface area contributed by atoms with Crippen molar-refractivity contribution in [2.75, 3.05) is 5.32 Å². The van der Waals surface area contributed by atoms with E-state index in [-0.39, 0.29) is 5.69 Å². The molecule has 0 atom stereocenters. The average molecular weight is 376 g/mol. The number of carbonyl (C=O) groups excluding carboxylic acids is 1. The third-order valence-electron chi connectivity index (χ3n) is 4.47. The molecule has 0 saturated heterocycles. The zero-order valence-electron chi connectivity index (χ0n) is 15.1. The topological polar surface area (TPSA) is 68.9 Å².